The Morgan fingerprint density at radius 2 is 1.11 bits per heavy atom. The van der Waals surface area contributed by atoms with Gasteiger partial charge >= 0.3 is 6.18 Å². The standard InChI is InChI=1S/C15H11BrClF3O.C13H10BrClO/c16-12-3-6-14(17)11(8-12)7-10-1-4-13(5-2-10)21-9-15(18,19)20;14-11-3-6-13(15)10(8-11)7-9-1-4-12(16)5-2-9/h1-6,8H,7,9H2;1-6,8,16H,7H2. The van der Waals surface area contributed by atoms with Crippen molar-refractivity contribution in [1.82, 2.24) is 0 Å². The normalized spacial score (nSPS) is 11.0. The molecular formula is C28H21Br2Cl2F3O2. The van der Waals surface area contributed by atoms with Gasteiger partial charge in [0.25, 0.3) is 0 Å². The molecule has 0 saturated carbocycles. The maximum atomic E-state index is 12.0. The molecule has 0 amide bonds. The van der Waals surface area contributed by atoms with Crippen LogP contribution in [0.2, 0.25) is 10.0 Å². The van der Waals surface area contributed by atoms with E-state index in [4.69, 9.17) is 23.2 Å². The molecule has 4 rings (SSSR count). The molecular weight excluding hydrogens is 656 g/mol. The van der Waals surface area contributed by atoms with Crippen molar-refractivity contribution < 1.29 is 23.0 Å². The van der Waals surface area contributed by atoms with E-state index in [-0.39, 0.29) is 11.5 Å². The smallest absolute Gasteiger partial charge is 0.422 e. The van der Waals surface area contributed by atoms with Crippen molar-refractivity contribution in [2.45, 2.75) is 19.0 Å². The third-order valence-electron chi connectivity index (χ3n) is 5.07. The lowest BCUT2D eigenvalue weighted by Crippen LogP contribution is -2.19. The molecule has 0 heterocycles. The highest BCUT2D eigenvalue weighted by atomic mass is 79.9. The van der Waals surface area contributed by atoms with Crippen LogP contribution in [-0.4, -0.2) is 17.9 Å². The van der Waals surface area contributed by atoms with E-state index in [0.29, 0.717) is 11.4 Å². The molecule has 0 spiro atoms. The first-order valence-electron chi connectivity index (χ1n) is 10.9. The predicted octanol–water partition coefficient (Wildman–Crippen LogP) is 10.0. The van der Waals surface area contributed by atoms with Gasteiger partial charge in [0.2, 0.25) is 0 Å². The lowest BCUT2D eigenvalue weighted by Gasteiger charge is -2.10. The van der Waals surface area contributed by atoms with Gasteiger partial charge in [-0.05, 0) is 95.8 Å². The summed E-state index contributed by atoms with van der Waals surface area (Å²) in [6.45, 7) is -1.29. The first-order chi connectivity index (χ1) is 17.5. The number of phenols is 1. The minimum atomic E-state index is -4.33. The number of hydrogen-bond acceptors (Lipinski definition) is 2. The van der Waals surface area contributed by atoms with E-state index in [1.165, 1.54) is 12.1 Å². The van der Waals surface area contributed by atoms with Crippen LogP contribution in [0.15, 0.2) is 93.9 Å². The van der Waals surface area contributed by atoms with Gasteiger partial charge in [0.15, 0.2) is 6.61 Å². The maximum absolute atomic E-state index is 12.0. The zero-order valence-electron chi connectivity index (χ0n) is 19.2. The van der Waals surface area contributed by atoms with Crippen molar-refractivity contribution in [2.24, 2.45) is 0 Å². The third kappa shape index (κ3) is 10.2. The van der Waals surface area contributed by atoms with E-state index < -0.39 is 12.8 Å². The van der Waals surface area contributed by atoms with E-state index in [1.807, 2.05) is 42.5 Å². The number of hydrogen-bond donors (Lipinski definition) is 1. The molecule has 0 fully saturated rings. The summed E-state index contributed by atoms with van der Waals surface area (Å²) in [5.41, 5.74) is 4.07. The molecule has 0 aliphatic heterocycles. The van der Waals surface area contributed by atoms with Crippen LogP contribution >= 0.6 is 55.1 Å². The molecule has 9 heteroatoms. The molecule has 0 aliphatic rings. The van der Waals surface area contributed by atoms with Gasteiger partial charge < -0.3 is 9.84 Å². The minimum Gasteiger partial charge on any atom is -0.508 e. The van der Waals surface area contributed by atoms with Crippen LogP contribution in [0.1, 0.15) is 22.3 Å². The van der Waals surface area contributed by atoms with Crippen LogP contribution in [0, 0.1) is 0 Å². The van der Waals surface area contributed by atoms with Gasteiger partial charge in [-0.1, -0.05) is 79.3 Å². The third-order valence-corrected chi connectivity index (χ3v) is 6.79. The second kappa shape index (κ2) is 13.6. The number of alkyl halides is 3. The second-order valence-electron chi connectivity index (χ2n) is 8.04. The Morgan fingerprint density at radius 1 is 0.676 bits per heavy atom. The quantitative estimate of drug-likeness (QED) is 0.220. The summed E-state index contributed by atoms with van der Waals surface area (Å²) < 4.78 is 42.7. The van der Waals surface area contributed by atoms with Gasteiger partial charge in [0.1, 0.15) is 11.5 Å². The largest absolute Gasteiger partial charge is 0.508 e. The Hall–Kier alpha value is -2.19. The highest BCUT2D eigenvalue weighted by Crippen LogP contribution is 2.26. The maximum Gasteiger partial charge on any atom is 0.422 e. The molecule has 37 heavy (non-hydrogen) atoms. The summed E-state index contributed by atoms with van der Waals surface area (Å²) >= 11 is 19.0. The summed E-state index contributed by atoms with van der Waals surface area (Å²) in [7, 11) is 0. The lowest BCUT2D eigenvalue weighted by atomic mass is 10.1. The second-order valence-corrected chi connectivity index (χ2v) is 10.7. The van der Waals surface area contributed by atoms with Gasteiger partial charge in [0.05, 0.1) is 0 Å². The average molecular weight is 677 g/mol. The monoisotopic (exact) mass is 674 g/mol. The summed E-state index contributed by atoms with van der Waals surface area (Å²) in [4.78, 5) is 0. The Balaban J connectivity index is 0.000000213. The highest BCUT2D eigenvalue weighted by molar-refractivity contribution is 9.10. The Labute approximate surface area is 240 Å². The van der Waals surface area contributed by atoms with Gasteiger partial charge in [-0.25, -0.2) is 0 Å². The number of benzene rings is 4. The van der Waals surface area contributed by atoms with Crippen molar-refractivity contribution in [1.29, 1.82) is 0 Å². The summed E-state index contributed by atoms with van der Waals surface area (Å²) in [6, 6.07) is 25.0. The molecule has 0 unspecified atom stereocenters. The van der Waals surface area contributed by atoms with Crippen molar-refractivity contribution in [2.75, 3.05) is 6.61 Å². The highest BCUT2D eigenvalue weighted by Gasteiger charge is 2.28. The zero-order chi connectivity index (χ0) is 27.0. The first-order valence-corrected chi connectivity index (χ1v) is 13.3. The molecule has 194 valence electrons. The summed E-state index contributed by atoms with van der Waals surface area (Å²) in [6.07, 6.45) is -2.97. The molecule has 1 N–H and O–H groups in total. The number of halogens is 7. The van der Waals surface area contributed by atoms with Crippen molar-refractivity contribution >= 4 is 55.1 Å². The lowest BCUT2D eigenvalue weighted by molar-refractivity contribution is -0.153. The number of rotatable bonds is 6. The molecule has 4 aromatic carbocycles. The molecule has 0 atom stereocenters. The molecule has 0 radical (unpaired) electrons. The number of aromatic hydroxyl groups is 1. The Morgan fingerprint density at radius 3 is 1.54 bits per heavy atom. The Bertz CT molecular complexity index is 1310. The SMILES string of the molecule is FC(F)(F)COc1ccc(Cc2cc(Br)ccc2Cl)cc1.Oc1ccc(Cc2cc(Br)ccc2Cl)cc1. The van der Waals surface area contributed by atoms with Crippen LogP contribution in [-0.2, 0) is 12.8 Å². The molecule has 2 nitrogen and oxygen atoms in total. The summed E-state index contributed by atoms with van der Waals surface area (Å²) in [5.74, 6) is 0.473. The van der Waals surface area contributed by atoms with Gasteiger partial charge in [-0.3, -0.25) is 0 Å². The van der Waals surface area contributed by atoms with Gasteiger partial charge in [0, 0.05) is 19.0 Å². The number of phenolic OH excluding ortho intramolecular Hbond substituents is 1. The van der Waals surface area contributed by atoms with Crippen LogP contribution in [0.25, 0.3) is 0 Å². The molecule has 0 aromatic heterocycles. The fraction of sp³-hybridized carbons (Fsp3) is 0.143. The zero-order valence-corrected chi connectivity index (χ0v) is 23.9. The van der Waals surface area contributed by atoms with Crippen molar-refractivity contribution in [3.63, 3.8) is 0 Å². The molecule has 0 bridgehead atoms. The fourth-order valence-electron chi connectivity index (χ4n) is 3.28. The van der Waals surface area contributed by atoms with Gasteiger partial charge in [-0.15, -0.1) is 0 Å². The molecule has 4 aromatic rings. The Kier molecular flexibility index (Phi) is 10.8. The van der Waals surface area contributed by atoms with Crippen LogP contribution in [0.3, 0.4) is 0 Å². The van der Waals surface area contributed by atoms with E-state index in [1.54, 1.807) is 30.3 Å². The number of ether oxygens (including phenoxy) is 1. The van der Waals surface area contributed by atoms with Crippen molar-refractivity contribution in [3.05, 3.63) is 126 Å². The first kappa shape index (κ1) is 29.4. The molecule has 0 saturated heterocycles. The van der Waals surface area contributed by atoms with E-state index >= 15 is 0 Å². The predicted molar refractivity (Wildman–Crippen MR) is 150 cm³/mol. The summed E-state index contributed by atoms with van der Waals surface area (Å²) in [5, 5.41) is 10.6. The molecule has 0 aliphatic carbocycles. The topological polar surface area (TPSA) is 29.5 Å². The van der Waals surface area contributed by atoms with Crippen LogP contribution in [0.4, 0.5) is 13.2 Å². The average Bonchev–Trinajstić information content (AvgIpc) is 2.85. The minimum absolute atomic E-state index is 0.191. The van der Waals surface area contributed by atoms with E-state index in [0.717, 1.165) is 42.6 Å². The van der Waals surface area contributed by atoms with E-state index in [2.05, 4.69) is 36.6 Å². The van der Waals surface area contributed by atoms with E-state index in [9.17, 15) is 18.3 Å². The van der Waals surface area contributed by atoms with Crippen LogP contribution < -0.4 is 4.74 Å². The van der Waals surface area contributed by atoms with Crippen molar-refractivity contribution in [3.8, 4) is 11.5 Å². The fourth-order valence-corrected chi connectivity index (χ4v) is 4.47. The van der Waals surface area contributed by atoms with Gasteiger partial charge in [-0.2, -0.15) is 13.2 Å². The van der Waals surface area contributed by atoms with Crippen LogP contribution in [0.5, 0.6) is 11.5 Å².